The van der Waals surface area contributed by atoms with Gasteiger partial charge in [-0.05, 0) is 18.6 Å². The first-order valence-corrected chi connectivity index (χ1v) is 4.34. The van der Waals surface area contributed by atoms with Crippen molar-refractivity contribution < 1.29 is 9.90 Å². The van der Waals surface area contributed by atoms with Gasteiger partial charge in [-0.1, -0.05) is 6.07 Å². The van der Waals surface area contributed by atoms with Crippen molar-refractivity contribution in [2.24, 2.45) is 11.5 Å². The van der Waals surface area contributed by atoms with Crippen molar-refractivity contribution in [3.63, 3.8) is 0 Å². The number of benzene rings is 1. The van der Waals surface area contributed by atoms with Crippen molar-refractivity contribution in [3.8, 4) is 5.75 Å². The fourth-order valence-electron chi connectivity index (χ4n) is 1.34. The molecule has 0 heterocycles. The Hall–Kier alpha value is -1.39. The number of aryl methyl sites for hydroxylation is 1. The Balaban J connectivity index is 3.28. The summed E-state index contributed by atoms with van der Waals surface area (Å²) >= 11 is 0. The average molecular weight is 194 g/mol. The third-order valence-corrected chi connectivity index (χ3v) is 2.09. The Morgan fingerprint density at radius 3 is 2.71 bits per heavy atom. The summed E-state index contributed by atoms with van der Waals surface area (Å²) in [5.74, 6) is -0.0662. The monoisotopic (exact) mass is 194 g/mol. The lowest BCUT2D eigenvalue weighted by molar-refractivity contribution is 0.112. The minimum Gasteiger partial charge on any atom is -0.507 e. The number of phenols is 1. The predicted octanol–water partition coefficient (Wildman–Crippen LogP) is 0.472. The molecule has 0 aliphatic heterocycles. The number of nitrogens with two attached hydrogens (primary N) is 2. The van der Waals surface area contributed by atoms with E-state index in [1.165, 1.54) is 0 Å². The zero-order chi connectivity index (χ0) is 10.7. The van der Waals surface area contributed by atoms with Gasteiger partial charge in [0.05, 0.1) is 5.56 Å². The van der Waals surface area contributed by atoms with Gasteiger partial charge in [-0.3, -0.25) is 4.79 Å². The molecule has 0 bridgehead atoms. The summed E-state index contributed by atoms with van der Waals surface area (Å²) in [5, 5.41) is 9.65. The van der Waals surface area contributed by atoms with Gasteiger partial charge >= 0.3 is 0 Å². The molecule has 0 radical (unpaired) electrons. The summed E-state index contributed by atoms with van der Waals surface area (Å²) in [4.78, 5) is 10.6. The minimum absolute atomic E-state index is 0.0662. The quantitative estimate of drug-likeness (QED) is 0.610. The van der Waals surface area contributed by atoms with E-state index in [1.807, 2.05) is 6.92 Å². The Bertz CT molecular complexity index is 350. The number of aldehydes is 1. The van der Waals surface area contributed by atoms with E-state index in [1.54, 1.807) is 12.1 Å². The number of phenolic OH excluding ortho intramolecular Hbond substituents is 1. The highest BCUT2D eigenvalue weighted by Gasteiger charge is 2.13. The van der Waals surface area contributed by atoms with Gasteiger partial charge in [0.1, 0.15) is 5.75 Å². The fourth-order valence-corrected chi connectivity index (χ4v) is 1.34. The molecular formula is C10H14N2O2. The third-order valence-electron chi connectivity index (χ3n) is 2.09. The smallest absolute Gasteiger partial charge is 0.153 e. The predicted molar refractivity (Wildman–Crippen MR) is 54.2 cm³/mol. The second-order valence-electron chi connectivity index (χ2n) is 3.25. The van der Waals surface area contributed by atoms with Crippen LogP contribution >= 0.6 is 0 Å². The third kappa shape index (κ3) is 1.92. The van der Waals surface area contributed by atoms with Crippen LogP contribution in [-0.4, -0.2) is 17.9 Å². The van der Waals surface area contributed by atoms with Crippen molar-refractivity contribution in [2.45, 2.75) is 13.0 Å². The molecule has 4 heteroatoms. The largest absolute Gasteiger partial charge is 0.507 e. The van der Waals surface area contributed by atoms with E-state index in [0.717, 1.165) is 5.56 Å². The van der Waals surface area contributed by atoms with Crippen LogP contribution in [0.25, 0.3) is 0 Å². The molecule has 0 saturated heterocycles. The van der Waals surface area contributed by atoms with E-state index >= 15 is 0 Å². The summed E-state index contributed by atoms with van der Waals surface area (Å²) in [6.45, 7) is 2.06. The van der Waals surface area contributed by atoms with Crippen LogP contribution in [0.15, 0.2) is 12.1 Å². The van der Waals surface area contributed by atoms with Crippen molar-refractivity contribution >= 4 is 6.29 Å². The molecule has 0 aliphatic rings. The second-order valence-corrected chi connectivity index (χ2v) is 3.25. The molecule has 0 aromatic heterocycles. The van der Waals surface area contributed by atoms with Crippen LogP contribution in [0.4, 0.5) is 0 Å². The number of hydrogen-bond donors (Lipinski definition) is 3. The minimum atomic E-state index is -0.436. The van der Waals surface area contributed by atoms with Gasteiger partial charge in [0, 0.05) is 18.2 Å². The van der Waals surface area contributed by atoms with E-state index in [4.69, 9.17) is 11.5 Å². The van der Waals surface area contributed by atoms with Crippen molar-refractivity contribution in [2.75, 3.05) is 6.54 Å². The Morgan fingerprint density at radius 2 is 2.21 bits per heavy atom. The standard InChI is InChI=1S/C10H14N2O2/c1-6-2-7(5-13)10(14)8(3-6)9(12)4-11/h2-3,5,9,14H,4,11-12H2,1H3. The first-order chi connectivity index (χ1) is 6.60. The molecule has 1 atom stereocenters. The molecule has 4 nitrogen and oxygen atoms in total. The van der Waals surface area contributed by atoms with Gasteiger partial charge in [-0.15, -0.1) is 0 Å². The van der Waals surface area contributed by atoms with Crippen molar-refractivity contribution in [3.05, 3.63) is 28.8 Å². The van der Waals surface area contributed by atoms with Gasteiger partial charge in [0.2, 0.25) is 0 Å². The zero-order valence-corrected chi connectivity index (χ0v) is 8.03. The fraction of sp³-hybridized carbons (Fsp3) is 0.300. The lowest BCUT2D eigenvalue weighted by Gasteiger charge is -2.13. The molecule has 1 unspecified atom stereocenters. The first-order valence-electron chi connectivity index (χ1n) is 4.34. The van der Waals surface area contributed by atoms with Gasteiger partial charge in [-0.2, -0.15) is 0 Å². The first kappa shape index (κ1) is 10.7. The van der Waals surface area contributed by atoms with Gasteiger partial charge in [0.25, 0.3) is 0 Å². The van der Waals surface area contributed by atoms with Crippen LogP contribution in [0.1, 0.15) is 27.5 Å². The molecule has 0 fully saturated rings. The maximum atomic E-state index is 10.6. The molecule has 0 spiro atoms. The summed E-state index contributed by atoms with van der Waals surface area (Å²) < 4.78 is 0. The molecule has 14 heavy (non-hydrogen) atoms. The Morgan fingerprint density at radius 1 is 1.57 bits per heavy atom. The molecule has 0 saturated carbocycles. The average Bonchev–Trinajstić information content (AvgIpc) is 2.19. The molecular weight excluding hydrogens is 180 g/mol. The molecule has 0 aliphatic carbocycles. The lowest BCUT2D eigenvalue weighted by Crippen LogP contribution is -2.21. The second kappa shape index (κ2) is 4.21. The maximum absolute atomic E-state index is 10.6. The van der Waals surface area contributed by atoms with Gasteiger partial charge in [-0.25, -0.2) is 0 Å². The zero-order valence-electron chi connectivity index (χ0n) is 8.03. The SMILES string of the molecule is Cc1cc(C=O)c(O)c(C(N)CN)c1. The highest BCUT2D eigenvalue weighted by atomic mass is 16.3. The number of carbonyl (C=O) groups is 1. The van der Waals surface area contributed by atoms with Crippen molar-refractivity contribution in [1.29, 1.82) is 0 Å². The van der Waals surface area contributed by atoms with E-state index in [2.05, 4.69) is 0 Å². The summed E-state index contributed by atoms with van der Waals surface area (Å²) in [7, 11) is 0. The van der Waals surface area contributed by atoms with E-state index < -0.39 is 6.04 Å². The Labute approximate surface area is 82.5 Å². The molecule has 1 rings (SSSR count). The van der Waals surface area contributed by atoms with E-state index in [9.17, 15) is 9.90 Å². The molecule has 0 amide bonds. The lowest BCUT2D eigenvalue weighted by atomic mass is 10.00. The normalized spacial score (nSPS) is 12.5. The van der Waals surface area contributed by atoms with E-state index in [0.29, 0.717) is 11.8 Å². The number of hydrogen-bond acceptors (Lipinski definition) is 4. The highest BCUT2D eigenvalue weighted by Crippen LogP contribution is 2.27. The Kier molecular flexibility index (Phi) is 3.22. The molecule has 1 aromatic carbocycles. The molecule has 76 valence electrons. The summed E-state index contributed by atoms with van der Waals surface area (Å²) in [6.07, 6.45) is 0.606. The van der Waals surface area contributed by atoms with Crippen LogP contribution in [0.5, 0.6) is 5.75 Å². The highest BCUT2D eigenvalue weighted by molar-refractivity contribution is 5.80. The molecule has 5 N–H and O–H groups in total. The summed E-state index contributed by atoms with van der Waals surface area (Å²) in [5.41, 5.74) is 12.7. The van der Waals surface area contributed by atoms with Gasteiger partial charge in [0.15, 0.2) is 6.29 Å². The molecule has 1 aromatic rings. The summed E-state index contributed by atoms with van der Waals surface area (Å²) in [6, 6.07) is 2.91. The van der Waals surface area contributed by atoms with E-state index in [-0.39, 0.29) is 17.9 Å². The van der Waals surface area contributed by atoms with Crippen molar-refractivity contribution in [1.82, 2.24) is 0 Å². The number of aromatic hydroxyl groups is 1. The van der Waals surface area contributed by atoms with Crippen LogP contribution < -0.4 is 11.5 Å². The van der Waals surface area contributed by atoms with Crippen LogP contribution in [0, 0.1) is 6.92 Å². The number of carbonyl (C=O) groups excluding carboxylic acids is 1. The maximum Gasteiger partial charge on any atom is 0.153 e. The topological polar surface area (TPSA) is 89.3 Å². The number of rotatable bonds is 3. The van der Waals surface area contributed by atoms with Crippen LogP contribution in [0.2, 0.25) is 0 Å². The van der Waals surface area contributed by atoms with Crippen LogP contribution in [-0.2, 0) is 0 Å². The van der Waals surface area contributed by atoms with Gasteiger partial charge < -0.3 is 16.6 Å². The van der Waals surface area contributed by atoms with Crippen LogP contribution in [0.3, 0.4) is 0 Å².